The van der Waals surface area contributed by atoms with Gasteiger partial charge in [-0.1, -0.05) is 18.2 Å². The molecule has 3 nitrogen and oxygen atoms in total. The van der Waals surface area contributed by atoms with E-state index in [1.807, 2.05) is 30.3 Å². The van der Waals surface area contributed by atoms with Crippen LogP contribution in [0.25, 0.3) is 11.0 Å². The molecule has 3 heteroatoms. The monoisotopic (exact) mass is 191 g/mol. The summed E-state index contributed by atoms with van der Waals surface area (Å²) in [6, 6.07) is 9.10. The van der Waals surface area contributed by atoms with E-state index in [0.717, 1.165) is 11.0 Å². The van der Waals surface area contributed by atoms with Gasteiger partial charge in [0.25, 0.3) is 0 Å². The Morgan fingerprint density at radius 2 is 2.07 bits per heavy atom. The Labute approximate surface area is 82.1 Å². The number of benzene rings is 1. The van der Waals surface area contributed by atoms with Crippen molar-refractivity contribution in [2.75, 3.05) is 0 Å². The smallest absolute Gasteiger partial charge is 0.134 e. The highest BCUT2D eigenvalue weighted by atomic mass is 16.3. The van der Waals surface area contributed by atoms with Gasteiger partial charge in [0.2, 0.25) is 0 Å². The third kappa shape index (κ3) is 1.52. The largest absolute Gasteiger partial charge is 0.459 e. The van der Waals surface area contributed by atoms with Crippen molar-refractivity contribution in [3.05, 3.63) is 36.1 Å². The number of fused-ring (bicyclic) bond motifs is 1. The van der Waals surface area contributed by atoms with Crippen LogP contribution in [0.15, 0.2) is 34.7 Å². The first-order chi connectivity index (χ1) is 6.68. The highest BCUT2D eigenvalue weighted by Crippen LogP contribution is 2.23. The molecule has 1 heterocycles. The summed E-state index contributed by atoms with van der Waals surface area (Å²) in [5, 5.41) is 10.3. The van der Waals surface area contributed by atoms with Crippen LogP contribution in [0.2, 0.25) is 0 Å². The van der Waals surface area contributed by atoms with Crippen LogP contribution >= 0.6 is 0 Å². The van der Waals surface area contributed by atoms with Crippen LogP contribution in [0.3, 0.4) is 0 Å². The van der Waals surface area contributed by atoms with E-state index in [2.05, 4.69) is 0 Å². The first-order valence-corrected chi connectivity index (χ1v) is 4.60. The van der Waals surface area contributed by atoms with Gasteiger partial charge < -0.3 is 15.3 Å². The van der Waals surface area contributed by atoms with Crippen molar-refractivity contribution in [2.45, 2.75) is 19.1 Å². The van der Waals surface area contributed by atoms with Crippen LogP contribution in [0, 0.1) is 0 Å². The first-order valence-electron chi connectivity index (χ1n) is 4.60. The predicted molar refractivity (Wildman–Crippen MR) is 54.8 cm³/mol. The molecule has 2 atom stereocenters. The number of rotatable bonds is 2. The molecule has 2 unspecified atom stereocenters. The van der Waals surface area contributed by atoms with E-state index in [9.17, 15) is 5.11 Å². The van der Waals surface area contributed by atoms with E-state index < -0.39 is 12.1 Å². The number of nitrogens with two attached hydrogens (primary N) is 1. The molecule has 0 aliphatic heterocycles. The number of para-hydroxylation sites is 1. The summed E-state index contributed by atoms with van der Waals surface area (Å²) in [5.41, 5.74) is 6.56. The molecule has 0 fully saturated rings. The minimum absolute atomic E-state index is 0.456. The Balaban J connectivity index is 2.45. The van der Waals surface area contributed by atoms with Crippen LogP contribution in [-0.2, 0) is 0 Å². The second kappa shape index (κ2) is 3.44. The number of aliphatic hydroxyl groups excluding tert-OH is 1. The maximum atomic E-state index is 9.31. The van der Waals surface area contributed by atoms with E-state index in [4.69, 9.17) is 10.2 Å². The standard InChI is InChI=1S/C11H13NO2/c1-7(13)11(12)10-6-8-4-2-3-5-9(8)14-10/h2-7,11,13H,12H2,1H3. The fourth-order valence-electron chi connectivity index (χ4n) is 1.40. The predicted octanol–water partition coefficient (Wildman–Crippen LogP) is 1.81. The molecule has 14 heavy (non-hydrogen) atoms. The fraction of sp³-hybridized carbons (Fsp3) is 0.273. The first kappa shape index (κ1) is 9.24. The Kier molecular flexibility index (Phi) is 2.27. The number of hydrogen-bond donors (Lipinski definition) is 2. The van der Waals surface area contributed by atoms with Gasteiger partial charge in [0, 0.05) is 5.39 Å². The van der Waals surface area contributed by atoms with Gasteiger partial charge in [-0.05, 0) is 19.1 Å². The molecule has 0 spiro atoms. The normalized spacial score (nSPS) is 15.6. The lowest BCUT2D eigenvalue weighted by molar-refractivity contribution is 0.154. The average Bonchev–Trinajstić information content (AvgIpc) is 2.59. The number of furan rings is 1. The van der Waals surface area contributed by atoms with Crippen molar-refractivity contribution in [1.82, 2.24) is 0 Å². The zero-order valence-electron chi connectivity index (χ0n) is 7.97. The maximum Gasteiger partial charge on any atom is 0.134 e. The number of aliphatic hydroxyl groups is 1. The molecular weight excluding hydrogens is 178 g/mol. The summed E-state index contributed by atoms with van der Waals surface area (Å²) in [6.07, 6.45) is -0.601. The lowest BCUT2D eigenvalue weighted by Crippen LogP contribution is -2.22. The van der Waals surface area contributed by atoms with E-state index in [0.29, 0.717) is 5.76 Å². The molecule has 0 radical (unpaired) electrons. The zero-order valence-corrected chi connectivity index (χ0v) is 7.97. The number of hydrogen-bond acceptors (Lipinski definition) is 3. The summed E-state index contributed by atoms with van der Waals surface area (Å²) in [6.45, 7) is 1.65. The van der Waals surface area contributed by atoms with Gasteiger partial charge in [-0.25, -0.2) is 0 Å². The molecule has 0 saturated heterocycles. The topological polar surface area (TPSA) is 59.4 Å². The molecule has 0 aliphatic carbocycles. The second-order valence-corrected chi connectivity index (χ2v) is 3.45. The summed E-state index contributed by atoms with van der Waals surface area (Å²) in [7, 11) is 0. The van der Waals surface area contributed by atoms with E-state index >= 15 is 0 Å². The quantitative estimate of drug-likeness (QED) is 0.761. The summed E-state index contributed by atoms with van der Waals surface area (Å²) < 4.78 is 5.51. The molecule has 1 aromatic heterocycles. The minimum Gasteiger partial charge on any atom is -0.459 e. The van der Waals surface area contributed by atoms with Crippen molar-refractivity contribution in [3.63, 3.8) is 0 Å². The second-order valence-electron chi connectivity index (χ2n) is 3.45. The van der Waals surface area contributed by atoms with Gasteiger partial charge in [0.05, 0.1) is 12.1 Å². The molecule has 1 aromatic carbocycles. The molecular formula is C11H13NO2. The van der Waals surface area contributed by atoms with E-state index in [1.54, 1.807) is 6.92 Å². The van der Waals surface area contributed by atoms with Crippen LogP contribution in [0.1, 0.15) is 18.7 Å². The molecule has 3 N–H and O–H groups in total. The lowest BCUT2D eigenvalue weighted by atomic mass is 10.1. The van der Waals surface area contributed by atoms with Gasteiger partial charge in [-0.2, -0.15) is 0 Å². The Morgan fingerprint density at radius 3 is 2.71 bits per heavy atom. The van der Waals surface area contributed by atoms with E-state index in [-0.39, 0.29) is 0 Å². The van der Waals surface area contributed by atoms with Crippen molar-refractivity contribution >= 4 is 11.0 Å². The Hall–Kier alpha value is -1.32. The van der Waals surface area contributed by atoms with Crippen LogP contribution < -0.4 is 5.73 Å². The van der Waals surface area contributed by atoms with Gasteiger partial charge in [-0.15, -0.1) is 0 Å². The SMILES string of the molecule is CC(O)C(N)c1cc2ccccc2o1. The van der Waals surface area contributed by atoms with Crippen molar-refractivity contribution in [3.8, 4) is 0 Å². The highest BCUT2D eigenvalue weighted by Gasteiger charge is 2.16. The average molecular weight is 191 g/mol. The summed E-state index contributed by atoms with van der Waals surface area (Å²) in [5.74, 6) is 0.626. The van der Waals surface area contributed by atoms with Crippen molar-refractivity contribution in [2.24, 2.45) is 5.73 Å². The zero-order chi connectivity index (χ0) is 10.1. The van der Waals surface area contributed by atoms with Crippen molar-refractivity contribution in [1.29, 1.82) is 0 Å². The lowest BCUT2D eigenvalue weighted by Gasteiger charge is -2.10. The molecule has 0 bridgehead atoms. The molecule has 0 aliphatic rings. The molecule has 0 amide bonds. The highest BCUT2D eigenvalue weighted by molar-refractivity contribution is 5.77. The third-order valence-corrected chi connectivity index (χ3v) is 2.29. The van der Waals surface area contributed by atoms with Gasteiger partial charge >= 0.3 is 0 Å². The minimum atomic E-state index is -0.601. The fourth-order valence-corrected chi connectivity index (χ4v) is 1.40. The molecule has 0 saturated carbocycles. The van der Waals surface area contributed by atoms with Crippen molar-refractivity contribution < 1.29 is 9.52 Å². The Bertz CT molecular complexity index is 401. The molecule has 2 aromatic rings. The van der Waals surface area contributed by atoms with Gasteiger partial charge in [0.15, 0.2) is 0 Å². The molecule has 74 valence electrons. The van der Waals surface area contributed by atoms with Crippen LogP contribution in [0.5, 0.6) is 0 Å². The van der Waals surface area contributed by atoms with Crippen LogP contribution in [0.4, 0.5) is 0 Å². The van der Waals surface area contributed by atoms with Crippen LogP contribution in [-0.4, -0.2) is 11.2 Å². The van der Waals surface area contributed by atoms with E-state index in [1.165, 1.54) is 0 Å². The van der Waals surface area contributed by atoms with Gasteiger partial charge in [0.1, 0.15) is 11.3 Å². The maximum absolute atomic E-state index is 9.31. The summed E-state index contributed by atoms with van der Waals surface area (Å²) in [4.78, 5) is 0. The Morgan fingerprint density at radius 1 is 1.36 bits per heavy atom. The third-order valence-electron chi connectivity index (χ3n) is 2.29. The van der Waals surface area contributed by atoms with Gasteiger partial charge in [-0.3, -0.25) is 0 Å². The molecule has 2 rings (SSSR count). The summed E-state index contributed by atoms with van der Waals surface area (Å²) >= 11 is 0.